The lowest BCUT2D eigenvalue weighted by Gasteiger charge is -2.49. The largest absolute Gasteiger partial charge is 0.364 e. The summed E-state index contributed by atoms with van der Waals surface area (Å²) in [6.07, 6.45) is 2.75. The maximum Gasteiger partial charge on any atom is 0.331 e. The Labute approximate surface area is 160 Å². The molecule has 0 spiro atoms. The van der Waals surface area contributed by atoms with Crippen LogP contribution in [0.4, 0.5) is 4.79 Å². The van der Waals surface area contributed by atoms with E-state index in [9.17, 15) is 9.59 Å². The first-order chi connectivity index (χ1) is 13.1. The molecular formula is C19H29N5O3. The molecule has 1 aromatic rings. The van der Waals surface area contributed by atoms with Crippen LogP contribution in [0, 0.1) is 0 Å². The third-order valence-electron chi connectivity index (χ3n) is 5.12. The van der Waals surface area contributed by atoms with E-state index < -0.39 is 6.03 Å². The van der Waals surface area contributed by atoms with Crippen molar-refractivity contribution >= 4 is 11.9 Å². The molecule has 2 aliphatic heterocycles. The number of hydrogen-bond acceptors (Lipinski definition) is 5. The van der Waals surface area contributed by atoms with Gasteiger partial charge in [0.05, 0.1) is 19.9 Å². The zero-order valence-electron chi connectivity index (χ0n) is 15.9. The summed E-state index contributed by atoms with van der Waals surface area (Å²) < 4.78 is 5.71. The quantitative estimate of drug-likeness (QED) is 0.766. The Kier molecular flexibility index (Phi) is 6.65. The van der Waals surface area contributed by atoms with Crippen LogP contribution in [0.1, 0.15) is 18.4 Å². The van der Waals surface area contributed by atoms with Crippen molar-refractivity contribution in [3.8, 4) is 0 Å². The van der Waals surface area contributed by atoms with Crippen molar-refractivity contribution in [2.75, 3.05) is 46.6 Å². The smallest absolute Gasteiger partial charge is 0.331 e. The van der Waals surface area contributed by atoms with E-state index in [0.717, 1.165) is 25.8 Å². The highest BCUT2D eigenvalue weighted by molar-refractivity contribution is 5.82. The molecule has 1 atom stereocenters. The lowest BCUT2D eigenvalue weighted by molar-refractivity contribution is -0.172. The van der Waals surface area contributed by atoms with Gasteiger partial charge in [-0.05, 0) is 24.8 Å². The molecule has 2 N–H and O–H groups in total. The molecule has 2 heterocycles. The number of aryl methyl sites for hydroxylation is 1. The van der Waals surface area contributed by atoms with Crippen molar-refractivity contribution in [3.05, 3.63) is 35.9 Å². The predicted molar refractivity (Wildman–Crippen MR) is 101 cm³/mol. The van der Waals surface area contributed by atoms with Gasteiger partial charge in [0.2, 0.25) is 5.91 Å². The summed E-state index contributed by atoms with van der Waals surface area (Å²) in [4.78, 5) is 28.3. The number of amides is 3. The molecule has 0 radical (unpaired) electrons. The van der Waals surface area contributed by atoms with E-state index in [-0.39, 0.29) is 18.6 Å². The maximum atomic E-state index is 12.4. The number of carbonyl (C=O) groups is 2. The van der Waals surface area contributed by atoms with E-state index in [2.05, 4.69) is 29.2 Å². The number of nitrogens with zero attached hydrogens (tertiary/aromatic N) is 4. The number of likely N-dealkylation sites (N-methyl/N-ethyl adjacent to an activating group) is 1. The van der Waals surface area contributed by atoms with Crippen molar-refractivity contribution in [1.82, 2.24) is 19.8 Å². The molecule has 3 amide bonds. The number of hydrogen-bond donors (Lipinski definition) is 1. The molecule has 0 unspecified atom stereocenters. The first kappa shape index (κ1) is 19.6. The van der Waals surface area contributed by atoms with Gasteiger partial charge in [-0.25, -0.2) is 14.8 Å². The molecule has 0 saturated carbocycles. The summed E-state index contributed by atoms with van der Waals surface area (Å²) in [5.74, 6) is -0.00507. The highest BCUT2D eigenvalue weighted by Crippen LogP contribution is 2.19. The molecule has 3 rings (SSSR count). The second kappa shape index (κ2) is 9.16. The molecule has 8 heteroatoms. The number of fused-ring (bicyclic) bond motifs is 1. The molecule has 2 aliphatic rings. The fourth-order valence-electron chi connectivity index (χ4n) is 3.76. The first-order valence-electron chi connectivity index (χ1n) is 9.49. The van der Waals surface area contributed by atoms with Crippen LogP contribution in [0.3, 0.4) is 0 Å². The van der Waals surface area contributed by atoms with Gasteiger partial charge in [-0.2, -0.15) is 0 Å². The number of rotatable bonds is 5. The van der Waals surface area contributed by atoms with Crippen LogP contribution in [0.5, 0.6) is 0 Å². The van der Waals surface area contributed by atoms with Gasteiger partial charge in [-0.3, -0.25) is 9.69 Å². The van der Waals surface area contributed by atoms with Gasteiger partial charge in [0.15, 0.2) is 0 Å². The number of unbranched alkanes of at least 4 members (excludes halogenated alkanes) is 1. The first-order valence-corrected chi connectivity index (χ1v) is 9.49. The van der Waals surface area contributed by atoms with Gasteiger partial charge in [-0.1, -0.05) is 30.3 Å². The minimum Gasteiger partial charge on any atom is -0.364 e. The SMILES string of the molecule is CN1CC(=O)N2CCOCN(CCCCc3ccccc3)C[C@@H]2N1C(N)=O. The number of urea groups is 1. The Morgan fingerprint density at radius 1 is 1.26 bits per heavy atom. The number of hydrazine groups is 1. The lowest BCUT2D eigenvalue weighted by Crippen LogP contribution is -2.70. The Morgan fingerprint density at radius 2 is 2.04 bits per heavy atom. The van der Waals surface area contributed by atoms with E-state index in [1.807, 2.05) is 6.07 Å². The second-order valence-electron chi connectivity index (χ2n) is 7.12. The Balaban J connectivity index is 1.59. The van der Waals surface area contributed by atoms with E-state index in [4.69, 9.17) is 10.5 Å². The van der Waals surface area contributed by atoms with E-state index in [1.54, 1.807) is 17.0 Å². The van der Waals surface area contributed by atoms with Gasteiger partial charge in [0, 0.05) is 26.7 Å². The van der Waals surface area contributed by atoms with Crippen molar-refractivity contribution in [2.24, 2.45) is 5.73 Å². The van der Waals surface area contributed by atoms with E-state index in [1.165, 1.54) is 10.6 Å². The predicted octanol–water partition coefficient (Wildman–Crippen LogP) is 0.695. The normalized spacial score (nSPS) is 22.3. The van der Waals surface area contributed by atoms with Crippen molar-refractivity contribution < 1.29 is 14.3 Å². The molecule has 8 nitrogen and oxygen atoms in total. The average Bonchev–Trinajstić information content (AvgIpc) is 2.61. The van der Waals surface area contributed by atoms with Gasteiger partial charge < -0.3 is 15.4 Å². The number of carbonyl (C=O) groups excluding carboxylic acids is 2. The van der Waals surface area contributed by atoms with E-state index >= 15 is 0 Å². The Hall–Kier alpha value is -2.16. The number of primary amides is 1. The van der Waals surface area contributed by atoms with Gasteiger partial charge >= 0.3 is 6.03 Å². The molecule has 0 aliphatic carbocycles. The Morgan fingerprint density at radius 3 is 2.78 bits per heavy atom. The number of benzene rings is 1. The molecule has 148 valence electrons. The lowest BCUT2D eigenvalue weighted by atomic mass is 10.1. The fraction of sp³-hybridized carbons (Fsp3) is 0.579. The van der Waals surface area contributed by atoms with Crippen LogP contribution in [0.25, 0.3) is 0 Å². The fourth-order valence-corrected chi connectivity index (χ4v) is 3.76. The number of ether oxygens (including phenoxy) is 1. The molecule has 2 fully saturated rings. The standard InChI is InChI=1S/C19H29N5O3/c1-21-14-18(25)23-11-12-27-15-22(13-17(23)24(21)19(20)26)10-6-5-9-16-7-3-2-4-8-16/h2-4,7-8,17H,5-6,9-15H2,1H3,(H2,20,26)/t17-/m0/s1. The number of nitrogens with two attached hydrogens (primary N) is 1. The van der Waals surface area contributed by atoms with Crippen LogP contribution in [-0.4, -0.2) is 84.5 Å². The van der Waals surface area contributed by atoms with E-state index in [0.29, 0.717) is 26.4 Å². The van der Waals surface area contributed by atoms with Crippen LogP contribution >= 0.6 is 0 Å². The zero-order valence-corrected chi connectivity index (χ0v) is 15.9. The highest BCUT2D eigenvalue weighted by Gasteiger charge is 2.40. The topological polar surface area (TPSA) is 82.3 Å². The van der Waals surface area contributed by atoms with Crippen LogP contribution in [0.2, 0.25) is 0 Å². The van der Waals surface area contributed by atoms with Crippen molar-refractivity contribution in [2.45, 2.75) is 25.4 Å². The van der Waals surface area contributed by atoms with Crippen LogP contribution in [0.15, 0.2) is 30.3 Å². The third kappa shape index (κ3) is 4.97. The Bertz CT molecular complexity index is 641. The highest BCUT2D eigenvalue weighted by atomic mass is 16.5. The summed E-state index contributed by atoms with van der Waals surface area (Å²) in [6.45, 7) is 2.96. The summed E-state index contributed by atoms with van der Waals surface area (Å²) in [7, 11) is 1.72. The molecule has 1 aromatic carbocycles. The molecule has 2 saturated heterocycles. The van der Waals surface area contributed by atoms with Gasteiger partial charge in [0.1, 0.15) is 6.17 Å². The minimum absolute atomic E-state index is 0.00507. The zero-order chi connectivity index (χ0) is 19.2. The summed E-state index contributed by atoms with van der Waals surface area (Å²) in [5, 5.41) is 3.10. The molecule has 0 bridgehead atoms. The average molecular weight is 375 g/mol. The van der Waals surface area contributed by atoms with Gasteiger partial charge in [0.25, 0.3) is 0 Å². The summed E-state index contributed by atoms with van der Waals surface area (Å²) in [6, 6.07) is 9.90. The molecule has 27 heavy (non-hydrogen) atoms. The maximum absolute atomic E-state index is 12.4. The second-order valence-corrected chi connectivity index (χ2v) is 7.12. The third-order valence-corrected chi connectivity index (χ3v) is 5.12. The van der Waals surface area contributed by atoms with Gasteiger partial charge in [-0.15, -0.1) is 0 Å². The summed E-state index contributed by atoms with van der Waals surface area (Å²) in [5.41, 5.74) is 6.93. The van der Waals surface area contributed by atoms with Crippen LogP contribution in [-0.2, 0) is 16.0 Å². The van der Waals surface area contributed by atoms with Crippen molar-refractivity contribution in [1.29, 1.82) is 0 Å². The monoisotopic (exact) mass is 375 g/mol. The summed E-state index contributed by atoms with van der Waals surface area (Å²) >= 11 is 0. The molecule has 0 aromatic heterocycles. The van der Waals surface area contributed by atoms with Crippen LogP contribution < -0.4 is 5.73 Å². The minimum atomic E-state index is -0.537. The van der Waals surface area contributed by atoms with Crippen molar-refractivity contribution in [3.63, 3.8) is 0 Å². The molecular weight excluding hydrogens is 346 g/mol.